The Kier molecular flexibility index (Phi) is 6.99. The molecule has 0 saturated carbocycles. The number of nitro groups is 1. The number of aliphatic hydroxyl groups is 2. The van der Waals surface area contributed by atoms with Crippen molar-refractivity contribution in [2.45, 2.75) is 20.1 Å². The number of benzene rings is 2. The molecule has 0 fully saturated rings. The molecule has 0 aliphatic heterocycles. The highest BCUT2D eigenvalue weighted by Gasteiger charge is 2.20. The first-order valence-electron chi connectivity index (χ1n) is 10.3. The molecule has 0 atom stereocenters. The van der Waals surface area contributed by atoms with Crippen molar-refractivity contribution in [2.75, 3.05) is 7.11 Å². The van der Waals surface area contributed by atoms with E-state index in [4.69, 9.17) is 16.3 Å². The van der Waals surface area contributed by atoms with Crippen LogP contribution in [-0.2, 0) is 13.2 Å². The van der Waals surface area contributed by atoms with E-state index < -0.39 is 4.92 Å². The zero-order valence-electron chi connectivity index (χ0n) is 18.7. The van der Waals surface area contributed by atoms with Gasteiger partial charge in [-0.2, -0.15) is 0 Å². The van der Waals surface area contributed by atoms with E-state index in [0.717, 1.165) is 4.88 Å². The maximum atomic E-state index is 13.0. The number of thiazole rings is 1. The Morgan fingerprint density at radius 2 is 2.06 bits per heavy atom. The standard InChI is InChI=1S/C24H20ClN3O6S/c1-13-10-27-19(5-6-21(31)15-7-16(11-29)17(12-30)22(9-15)34-2)23(26-24(27)35-13)14-3-4-18(25)20(8-14)28(32)33/h3-10,29-30H,11-12H2,1-2H3. The van der Waals surface area contributed by atoms with Crippen LogP contribution in [0.2, 0.25) is 5.02 Å². The van der Waals surface area contributed by atoms with Gasteiger partial charge in [-0.1, -0.05) is 17.7 Å². The normalized spacial score (nSPS) is 11.5. The van der Waals surface area contributed by atoms with Crippen molar-refractivity contribution in [1.82, 2.24) is 9.38 Å². The molecule has 2 N–H and O–H groups in total. The summed E-state index contributed by atoms with van der Waals surface area (Å²) in [6.07, 6.45) is 4.82. The summed E-state index contributed by atoms with van der Waals surface area (Å²) < 4.78 is 7.09. The third kappa shape index (κ3) is 4.69. The number of allylic oxidation sites excluding steroid dienone is 1. The number of aromatic nitrogens is 2. The van der Waals surface area contributed by atoms with Crippen molar-refractivity contribution < 1.29 is 24.7 Å². The largest absolute Gasteiger partial charge is 0.496 e. The fourth-order valence-electron chi connectivity index (χ4n) is 3.74. The van der Waals surface area contributed by atoms with Crippen LogP contribution in [0.1, 0.15) is 32.1 Å². The second-order valence-corrected chi connectivity index (χ2v) is 9.21. The maximum Gasteiger partial charge on any atom is 0.288 e. The van der Waals surface area contributed by atoms with Crippen molar-refractivity contribution in [3.05, 3.63) is 85.0 Å². The number of hydrogen-bond acceptors (Lipinski definition) is 8. The number of methoxy groups -OCH3 is 1. The fraction of sp³-hybridized carbons (Fsp3) is 0.167. The number of carbonyl (C=O) groups is 1. The van der Waals surface area contributed by atoms with Gasteiger partial charge in [-0.05, 0) is 42.8 Å². The molecule has 0 bridgehead atoms. The third-order valence-electron chi connectivity index (χ3n) is 5.42. The van der Waals surface area contributed by atoms with Gasteiger partial charge in [0.05, 0.1) is 36.6 Å². The molecule has 0 saturated heterocycles. The van der Waals surface area contributed by atoms with Gasteiger partial charge in [-0.3, -0.25) is 19.3 Å². The Morgan fingerprint density at radius 3 is 2.71 bits per heavy atom. The SMILES string of the molecule is COc1cc(C(=O)C=Cc2c(-c3ccc(Cl)c([N+](=O)[O-])c3)nc3sc(C)cn23)cc(CO)c1CO. The Labute approximate surface area is 208 Å². The number of aliphatic hydroxyl groups excluding tert-OH is 2. The van der Waals surface area contributed by atoms with E-state index >= 15 is 0 Å². The number of halogens is 1. The van der Waals surface area contributed by atoms with Gasteiger partial charge in [-0.15, -0.1) is 11.3 Å². The first-order valence-corrected chi connectivity index (χ1v) is 11.5. The van der Waals surface area contributed by atoms with E-state index in [0.29, 0.717) is 38.8 Å². The van der Waals surface area contributed by atoms with Crippen LogP contribution in [0.4, 0.5) is 5.69 Å². The van der Waals surface area contributed by atoms with Gasteiger partial charge in [0.2, 0.25) is 0 Å². The summed E-state index contributed by atoms with van der Waals surface area (Å²) in [7, 11) is 1.42. The number of rotatable bonds is 8. The molecule has 0 spiro atoms. The van der Waals surface area contributed by atoms with E-state index in [1.54, 1.807) is 12.1 Å². The second-order valence-electron chi connectivity index (χ2n) is 7.59. The molecule has 2 aromatic heterocycles. The lowest BCUT2D eigenvalue weighted by molar-refractivity contribution is -0.384. The summed E-state index contributed by atoms with van der Waals surface area (Å²) in [4.78, 5) is 30.1. The highest BCUT2D eigenvalue weighted by atomic mass is 35.5. The van der Waals surface area contributed by atoms with E-state index in [1.807, 2.05) is 17.5 Å². The van der Waals surface area contributed by atoms with Crippen LogP contribution < -0.4 is 4.74 Å². The Hall–Kier alpha value is -3.57. The second kappa shape index (κ2) is 9.96. The smallest absolute Gasteiger partial charge is 0.288 e. The van der Waals surface area contributed by atoms with E-state index in [1.165, 1.54) is 48.8 Å². The van der Waals surface area contributed by atoms with Crippen LogP contribution in [0.5, 0.6) is 5.75 Å². The molecule has 0 aliphatic carbocycles. The molecule has 2 heterocycles. The highest BCUT2D eigenvalue weighted by Crippen LogP contribution is 2.34. The molecule has 0 unspecified atom stereocenters. The summed E-state index contributed by atoms with van der Waals surface area (Å²) in [5.41, 5.74) is 2.34. The number of nitro benzene ring substituents is 1. The van der Waals surface area contributed by atoms with Crippen molar-refractivity contribution >= 4 is 45.4 Å². The summed E-state index contributed by atoms with van der Waals surface area (Å²) in [6.45, 7) is 1.22. The molecular weight excluding hydrogens is 494 g/mol. The minimum absolute atomic E-state index is 0.0165. The van der Waals surface area contributed by atoms with Crippen molar-refractivity contribution in [1.29, 1.82) is 0 Å². The minimum Gasteiger partial charge on any atom is -0.496 e. The highest BCUT2D eigenvalue weighted by molar-refractivity contribution is 7.17. The number of ketones is 1. The number of imidazole rings is 1. The molecule has 35 heavy (non-hydrogen) atoms. The predicted molar refractivity (Wildman–Crippen MR) is 133 cm³/mol. The van der Waals surface area contributed by atoms with Crippen LogP contribution in [0, 0.1) is 17.0 Å². The lowest BCUT2D eigenvalue weighted by atomic mass is 10.0. The first-order chi connectivity index (χ1) is 16.8. The summed E-state index contributed by atoms with van der Waals surface area (Å²) in [6, 6.07) is 7.44. The Bertz CT molecular complexity index is 1470. The number of fused-ring (bicyclic) bond motifs is 1. The summed E-state index contributed by atoms with van der Waals surface area (Å²) >= 11 is 7.42. The van der Waals surface area contributed by atoms with E-state index in [-0.39, 0.29) is 35.3 Å². The molecule has 0 amide bonds. The molecule has 2 aromatic carbocycles. The van der Waals surface area contributed by atoms with Crippen molar-refractivity contribution in [3.63, 3.8) is 0 Å². The maximum absolute atomic E-state index is 13.0. The van der Waals surface area contributed by atoms with Gasteiger partial charge >= 0.3 is 0 Å². The number of hydrogen-bond donors (Lipinski definition) is 2. The van der Waals surface area contributed by atoms with Gasteiger partial charge in [-0.25, -0.2) is 4.98 Å². The van der Waals surface area contributed by atoms with Crippen molar-refractivity contribution in [3.8, 4) is 17.0 Å². The summed E-state index contributed by atoms with van der Waals surface area (Å²) in [5, 5.41) is 30.6. The van der Waals surface area contributed by atoms with Gasteiger partial charge in [0, 0.05) is 33.8 Å². The zero-order valence-corrected chi connectivity index (χ0v) is 20.3. The number of carbonyl (C=O) groups excluding carboxylic acids is 1. The number of nitrogens with zero attached hydrogens (tertiary/aromatic N) is 3. The Morgan fingerprint density at radius 1 is 1.29 bits per heavy atom. The van der Waals surface area contributed by atoms with Crippen LogP contribution in [0.15, 0.2) is 42.6 Å². The van der Waals surface area contributed by atoms with Crippen LogP contribution >= 0.6 is 22.9 Å². The minimum atomic E-state index is -0.560. The van der Waals surface area contributed by atoms with Crippen LogP contribution in [0.3, 0.4) is 0 Å². The monoisotopic (exact) mass is 513 g/mol. The Balaban J connectivity index is 1.80. The molecule has 9 nitrogen and oxygen atoms in total. The van der Waals surface area contributed by atoms with Gasteiger partial charge < -0.3 is 14.9 Å². The molecule has 4 aromatic rings. The molecule has 4 rings (SSSR count). The molecule has 0 aliphatic rings. The molecule has 0 radical (unpaired) electrons. The molecule has 11 heteroatoms. The third-order valence-corrected chi connectivity index (χ3v) is 6.64. The van der Waals surface area contributed by atoms with Crippen molar-refractivity contribution in [2.24, 2.45) is 0 Å². The number of aryl methyl sites for hydroxylation is 1. The molecule has 180 valence electrons. The predicted octanol–water partition coefficient (Wildman–Crippen LogP) is 4.82. The average molecular weight is 514 g/mol. The van der Waals surface area contributed by atoms with Gasteiger partial charge in [0.1, 0.15) is 10.8 Å². The zero-order chi connectivity index (χ0) is 25.3. The quantitative estimate of drug-likeness (QED) is 0.149. The lowest BCUT2D eigenvalue weighted by Gasteiger charge is -2.12. The van der Waals surface area contributed by atoms with E-state index in [9.17, 15) is 25.1 Å². The van der Waals surface area contributed by atoms with Crippen LogP contribution in [0.25, 0.3) is 22.3 Å². The lowest BCUT2D eigenvalue weighted by Crippen LogP contribution is -2.04. The van der Waals surface area contributed by atoms with Gasteiger partial charge in [0.25, 0.3) is 5.69 Å². The van der Waals surface area contributed by atoms with E-state index in [2.05, 4.69) is 4.98 Å². The van der Waals surface area contributed by atoms with Gasteiger partial charge in [0.15, 0.2) is 10.7 Å². The number of ether oxygens (including phenoxy) is 1. The first kappa shape index (κ1) is 24.6. The average Bonchev–Trinajstić information content (AvgIpc) is 3.37. The fourth-order valence-corrected chi connectivity index (χ4v) is 4.76. The van der Waals surface area contributed by atoms with Crippen LogP contribution in [-0.4, -0.2) is 37.4 Å². The molecular formula is C24H20ClN3O6S. The topological polar surface area (TPSA) is 127 Å². The summed E-state index contributed by atoms with van der Waals surface area (Å²) in [5.74, 6) is -0.0670.